The van der Waals surface area contributed by atoms with Crippen LogP contribution in [-0.4, -0.2) is 28.4 Å². The second-order valence-electron chi connectivity index (χ2n) is 7.41. The van der Waals surface area contributed by atoms with E-state index in [0.717, 1.165) is 16.8 Å². The second kappa shape index (κ2) is 12.8. The van der Waals surface area contributed by atoms with Gasteiger partial charge in [0.2, 0.25) is 5.91 Å². The number of carbonyl (C=O) groups excluding carboxylic acids is 2. The summed E-state index contributed by atoms with van der Waals surface area (Å²) in [6, 6.07) is 20.3. The Morgan fingerprint density at radius 1 is 0.909 bits per heavy atom. The van der Waals surface area contributed by atoms with Gasteiger partial charge in [-0.3, -0.25) is 9.78 Å². The van der Waals surface area contributed by atoms with Crippen LogP contribution in [0.15, 0.2) is 72.9 Å². The van der Waals surface area contributed by atoms with Crippen molar-refractivity contribution in [3.63, 3.8) is 0 Å². The van der Waals surface area contributed by atoms with Gasteiger partial charge >= 0.3 is 6.09 Å². The van der Waals surface area contributed by atoms with Crippen LogP contribution in [0.3, 0.4) is 0 Å². The van der Waals surface area contributed by atoms with Crippen molar-refractivity contribution in [1.82, 2.24) is 15.2 Å². The molecule has 0 fully saturated rings. The third-order valence-corrected chi connectivity index (χ3v) is 5.58. The van der Waals surface area contributed by atoms with Gasteiger partial charge in [-0.15, -0.1) is 0 Å². The normalized spacial score (nSPS) is 10.5. The first-order chi connectivity index (χ1) is 16.0. The molecule has 6 nitrogen and oxygen atoms in total. The number of nitrogens with one attached hydrogen (secondary N) is 1. The fourth-order valence-electron chi connectivity index (χ4n) is 3.14. The summed E-state index contributed by atoms with van der Waals surface area (Å²) in [6.45, 7) is 1.28. The average Bonchev–Trinajstić information content (AvgIpc) is 2.83. The lowest BCUT2D eigenvalue weighted by molar-refractivity contribution is -0.132. The van der Waals surface area contributed by atoms with Crippen molar-refractivity contribution < 1.29 is 14.3 Å². The number of rotatable bonds is 10. The molecule has 0 aliphatic heterocycles. The van der Waals surface area contributed by atoms with Gasteiger partial charge < -0.3 is 15.0 Å². The number of nitrogens with zero attached hydrogens (tertiary/aromatic N) is 2. The fraction of sp³-hybridized carbons (Fsp3) is 0.240. The van der Waals surface area contributed by atoms with Crippen molar-refractivity contribution in [3.05, 3.63) is 99.8 Å². The summed E-state index contributed by atoms with van der Waals surface area (Å²) in [5, 5.41) is 3.59. The highest BCUT2D eigenvalue weighted by atomic mass is 35.5. The number of pyridine rings is 1. The first-order valence-electron chi connectivity index (χ1n) is 10.6. The van der Waals surface area contributed by atoms with Crippen LogP contribution < -0.4 is 5.32 Å². The number of hydrogen-bond donors (Lipinski definition) is 1. The minimum Gasteiger partial charge on any atom is -0.445 e. The van der Waals surface area contributed by atoms with Gasteiger partial charge in [0.15, 0.2) is 0 Å². The minimum absolute atomic E-state index is 0.0498. The molecule has 1 N–H and O–H groups in total. The fourth-order valence-corrected chi connectivity index (χ4v) is 3.46. The quantitative estimate of drug-likeness (QED) is 0.378. The van der Waals surface area contributed by atoms with E-state index in [2.05, 4.69) is 10.3 Å². The summed E-state index contributed by atoms with van der Waals surface area (Å²) in [6.07, 6.45) is 1.95. The maximum atomic E-state index is 13.0. The van der Waals surface area contributed by atoms with E-state index in [1.807, 2.05) is 54.6 Å². The molecule has 0 radical (unpaired) electrons. The Balaban J connectivity index is 1.50. The van der Waals surface area contributed by atoms with Gasteiger partial charge in [-0.2, -0.15) is 0 Å². The van der Waals surface area contributed by atoms with Crippen LogP contribution in [-0.2, 0) is 29.2 Å². The molecule has 8 heteroatoms. The lowest BCUT2D eigenvalue weighted by Gasteiger charge is -2.23. The zero-order valence-electron chi connectivity index (χ0n) is 18.0. The van der Waals surface area contributed by atoms with E-state index in [0.29, 0.717) is 36.1 Å². The standard InChI is InChI=1S/C25H25Cl2N3O3/c26-22-12-11-20(15-23(22)27)16-30(17-21-9-4-5-13-28-21)24(31)10-6-14-29-25(32)33-18-19-7-2-1-3-8-19/h1-5,7-9,11-13,15H,6,10,14,16-18H2,(H,29,32). The molecular weight excluding hydrogens is 461 g/mol. The Morgan fingerprint density at radius 2 is 1.70 bits per heavy atom. The first kappa shape index (κ1) is 24.6. The highest BCUT2D eigenvalue weighted by molar-refractivity contribution is 6.42. The smallest absolute Gasteiger partial charge is 0.407 e. The summed E-state index contributed by atoms with van der Waals surface area (Å²) < 4.78 is 5.18. The zero-order chi connectivity index (χ0) is 23.5. The number of halogens is 2. The number of benzene rings is 2. The molecule has 0 aliphatic rings. The number of ether oxygens (including phenoxy) is 1. The molecule has 0 bridgehead atoms. The van der Waals surface area contributed by atoms with E-state index >= 15 is 0 Å². The SMILES string of the molecule is O=C(NCCCC(=O)N(Cc1ccc(Cl)c(Cl)c1)Cc1ccccn1)OCc1ccccc1. The van der Waals surface area contributed by atoms with Gasteiger partial charge in [0.1, 0.15) is 6.61 Å². The Kier molecular flexibility index (Phi) is 9.54. The molecule has 3 rings (SSSR count). The molecule has 2 aromatic carbocycles. The molecule has 1 heterocycles. The van der Waals surface area contributed by atoms with Crippen LogP contribution in [0.5, 0.6) is 0 Å². The van der Waals surface area contributed by atoms with Gasteiger partial charge in [-0.05, 0) is 41.8 Å². The maximum Gasteiger partial charge on any atom is 0.407 e. The minimum atomic E-state index is -0.507. The summed E-state index contributed by atoms with van der Waals surface area (Å²) >= 11 is 12.1. The Hall–Kier alpha value is -3.09. The molecule has 3 aromatic rings. The van der Waals surface area contributed by atoms with E-state index in [9.17, 15) is 9.59 Å². The van der Waals surface area contributed by atoms with Crippen LogP contribution in [0.1, 0.15) is 29.7 Å². The molecule has 0 saturated carbocycles. The van der Waals surface area contributed by atoms with Gasteiger partial charge in [-0.25, -0.2) is 4.79 Å². The molecule has 0 spiro atoms. The zero-order valence-corrected chi connectivity index (χ0v) is 19.6. The van der Waals surface area contributed by atoms with Crippen LogP contribution in [0.4, 0.5) is 4.79 Å². The van der Waals surface area contributed by atoms with Gasteiger partial charge in [0.05, 0.1) is 22.3 Å². The lowest BCUT2D eigenvalue weighted by atomic mass is 10.2. The molecule has 1 aromatic heterocycles. The van der Waals surface area contributed by atoms with Crippen LogP contribution in [0.2, 0.25) is 10.0 Å². The third kappa shape index (κ3) is 8.40. The molecule has 2 amide bonds. The highest BCUT2D eigenvalue weighted by Gasteiger charge is 2.16. The van der Waals surface area contributed by atoms with Crippen molar-refractivity contribution in [3.8, 4) is 0 Å². The van der Waals surface area contributed by atoms with Crippen molar-refractivity contribution in [2.45, 2.75) is 32.5 Å². The van der Waals surface area contributed by atoms with Crippen molar-refractivity contribution in [1.29, 1.82) is 0 Å². The van der Waals surface area contributed by atoms with Crippen LogP contribution in [0, 0.1) is 0 Å². The summed E-state index contributed by atoms with van der Waals surface area (Å²) in [5.41, 5.74) is 2.57. The van der Waals surface area contributed by atoms with E-state index in [-0.39, 0.29) is 18.9 Å². The second-order valence-corrected chi connectivity index (χ2v) is 8.23. The molecule has 172 valence electrons. The predicted molar refractivity (Wildman–Crippen MR) is 129 cm³/mol. The van der Waals surface area contributed by atoms with E-state index in [1.54, 1.807) is 23.2 Å². The third-order valence-electron chi connectivity index (χ3n) is 4.84. The largest absolute Gasteiger partial charge is 0.445 e. The van der Waals surface area contributed by atoms with E-state index in [1.165, 1.54) is 0 Å². The lowest BCUT2D eigenvalue weighted by Crippen LogP contribution is -2.31. The number of aromatic nitrogens is 1. The Morgan fingerprint density at radius 3 is 2.42 bits per heavy atom. The molecular formula is C25H25Cl2N3O3. The van der Waals surface area contributed by atoms with Crippen LogP contribution >= 0.6 is 23.2 Å². The summed E-state index contributed by atoms with van der Waals surface area (Å²) in [5.74, 6) is -0.0498. The van der Waals surface area contributed by atoms with E-state index in [4.69, 9.17) is 27.9 Å². The Bertz CT molecular complexity index is 1050. The number of alkyl carbamates (subject to hydrolysis) is 1. The van der Waals surface area contributed by atoms with Gasteiger partial charge in [0.25, 0.3) is 0 Å². The van der Waals surface area contributed by atoms with Crippen molar-refractivity contribution in [2.75, 3.05) is 6.54 Å². The molecule has 0 saturated heterocycles. The topological polar surface area (TPSA) is 71.5 Å². The monoisotopic (exact) mass is 485 g/mol. The number of carbonyl (C=O) groups is 2. The molecule has 33 heavy (non-hydrogen) atoms. The van der Waals surface area contributed by atoms with E-state index < -0.39 is 6.09 Å². The van der Waals surface area contributed by atoms with Gasteiger partial charge in [-0.1, -0.05) is 65.7 Å². The van der Waals surface area contributed by atoms with Gasteiger partial charge in [0, 0.05) is 25.7 Å². The Labute approximate surface area is 203 Å². The summed E-state index contributed by atoms with van der Waals surface area (Å²) in [7, 11) is 0. The summed E-state index contributed by atoms with van der Waals surface area (Å²) in [4.78, 5) is 30.9. The number of amides is 2. The average molecular weight is 486 g/mol. The van der Waals surface area contributed by atoms with Crippen molar-refractivity contribution >= 4 is 35.2 Å². The maximum absolute atomic E-state index is 13.0. The van der Waals surface area contributed by atoms with Crippen molar-refractivity contribution in [2.24, 2.45) is 0 Å². The molecule has 0 atom stereocenters. The first-order valence-corrected chi connectivity index (χ1v) is 11.3. The molecule has 0 aliphatic carbocycles. The predicted octanol–water partition coefficient (Wildman–Crippen LogP) is 5.62. The molecule has 0 unspecified atom stereocenters. The highest BCUT2D eigenvalue weighted by Crippen LogP contribution is 2.23. The van der Waals surface area contributed by atoms with Crippen LogP contribution in [0.25, 0.3) is 0 Å². The number of hydrogen-bond acceptors (Lipinski definition) is 4.